The highest BCUT2D eigenvalue weighted by atomic mass is 16.6. The molecule has 0 unspecified atom stereocenters. The zero-order valence-electron chi connectivity index (χ0n) is 8.61. The number of carbonyl (C=O) groups excluding carboxylic acids is 1. The molecule has 0 aromatic carbocycles. The van der Waals surface area contributed by atoms with Crippen LogP contribution in [0, 0.1) is 17.8 Å². The molecule has 3 nitrogen and oxygen atoms in total. The molecule has 4 atom stereocenters. The van der Waals surface area contributed by atoms with Gasteiger partial charge in [0.25, 0.3) is 0 Å². The Hall–Kier alpha value is -0.570. The topological polar surface area (TPSA) is 46.5 Å². The first-order chi connectivity index (χ1) is 6.72. The van der Waals surface area contributed by atoms with Crippen molar-refractivity contribution in [2.24, 2.45) is 17.8 Å². The molecule has 0 aromatic heterocycles. The molecule has 1 aliphatic heterocycles. The fourth-order valence-electron chi connectivity index (χ4n) is 3.07. The van der Waals surface area contributed by atoms with Gasteiger partial charge in [-0.3, -0.25) is 4.79 Å². The number of aliphatic hydroxyl groups excluding tert-OH is 1. The smallest absolute Gasteiger partial charge is 0.306 e. The highest BCUT2D eigenvalue weighted by molar-refractivity contribution is 5.72. The van der Waals surface area contributed by atoms with E-state index in [0.717, 1.165) is 19.3 Å². The number of fused-ring (bicyclic) bond motifs is 1. The molecule has 2 rings (SSSR count). The van der Waals surface area contributed by atoms with Crippen molar-refractivity contribution < 1.29 is 14.6 Å². The van der Waals surface area contributed by atoms with E-state index in [1.807, 2.05) is 0 Å². The largest absolute Gasteiger partial charge is 0.462 e. The van der Waals surface area contributed by atoms with Crippen LogP contribution >= 0.6 is 0 Å². The van der Waals surface area contributed by atoms with Crippen molar-refractivity contribution in [3.63, 3.8) is 0 Å². The van der Waals surface area contributed by atoms with E-state index in [4.69, 9.17) is 9.84 Å². The number of hydrogen-bond donors (Lipinski definition) is 1. The van der Waals surface area contributed by atoms with Crippen LogP contribution in [0.2, 0.25) is 0 Å². The zero-order chi connectivity index (χ0) is 10.1. The molecule has 1 heterocycles. The standard InChI is InChI=1S/C11H18O3/c1-7-5-10-9(6-11(13)14-10)8(7)3-2-4-12/h7-10,12H,2-6H2,1H3/t7-,8+,9-,10+/m1/s1. The molecule has 0 bridgehead atoms. The van der Waals surface area contributed by atoms with Crippen LogP contribution in [-0.4, -0.2) is 23.8 Å². The molecular formula is C11H18O3. The normalized spacial score (nSPS) is 41.1. The molecule has 0 spiro atoms. The van der Waals surface area contributed by atoms with E-state index >= 15 is 0 Å². The minimum absolute atomic E-state index is 0.0269. The number of ether oxygens (including phenoxy) is 1. The quantitative estimate of drug-likeness (QED) is 0.696. The highest BCUT2D eigenvalue weighted by Gasteiger charge is 2.47. The van der Waals surface area contributed by atoms with Crippen molar-refractivity contribution in [3.8, 4) is 0 Å². The van der Waals surface area contributed by atoms with Crippen LogP contribution in [0.4, 0.5) is 0 Å². The van der Waals surface area contributed by atoms with E-state index in [9.17, 15) is 4.79 Å². The van der Waals surface area contributed by atoms with Gasteiger partial charge in [-0.25, -0.2) is 0 Å². The lowest BCUT2D eigenvalue weighted by Crippen LogP contribution is -2.16. The molecule has 14 heavy (non-hydrogen) atoms. The third-order valence-corrected chi connectivity index (χ3v) is 3.74. The summed E-state index contributed by atoms with van der Waals surface area (Å²) in [5, 5.41) is 8.81. The zero-order valence-corrected chi connectivity index (χ0v) is 8.61. The molecular weight excluding hydrogens is 180 g/mol. The van der Waals surface area contributed by atoms with Crippen molar-refractivity contribution in [2.45, 2.75) is 38.7 Å². The maximum Gasteiger partial charge on any atom is 0.306 e. The Kier molecular flexibility index (Phi) is 2.77. The van der Waals surface area contributed by atoms with Gasteiger partial charge in [-0.1, -0.05) is 6.92 Å². The fraction of sp³-hybridized carbons (Fsp3) is 0.909. The predicted octanol–water partition coefficient (Wildman–Crippen LogP) is 1.35. The second kappa shape index (κ2) is 3.89. The summed E-state index contributed by atoms with van der Waals surface area (Å²) < 4.78 is 5.26. The van der Waals surface area contributed by atoms with E-state index in [1.54, 1.807) is 0 Å². The van der Waals surface area contributed by atoms with Gasteiger partial charge in [-0.2, -0.15) is 0 Å². The minimum Gasteiger partial charge on any atom is -0.462 e. The second-order valence-corrected chi connectivity index (χ2v) is 4.64. The molecule has 1 saturated carbocycles. The van der Waals surface area contributed by atoms with Crippen LogP contribution in [0.5, 0.6) is 0 Å². The van der Waals surface area contributed by atoms with Crippen molar-refractivity contribution in [1.29, 1.82) is 0 Å². The summed E-state index contributed by atoms with van der Waals surface area (Å²) in [5.41, 5.74) is 0. The molecule has 0 aromatic rings. The second-order valence-electron chi connectivity index (χ2n) is 4.64. The molecule has 1 N–H and O–H groups in total. The van der Waals surface area contributed by atoms with Crippen LogP contribution in [0.3, 0.4) is 0 Å². The highest BCUT2D eigenvalue weighted by Crippen LogP contribution is 2.46. The first-order valence-electron chi connectivity index (χ1n) is 5.52. The van der Waals surface area contributed by atoms with Crippen LogP contribution in [0.25, 0.3) is 0 Å². The van der Waals surface area contributed by atoms with E-state index in [1.165, 1.54) is 0 Å². The summed E-state index contributed by atoms with van der Waals surface area (Å²) in [5.74, 6) is 1.63. The van der Waals surface area contributed by atoms with Gasteiger partial charge < -0.3 is 9.84 Å². The molecule has 3 heteroatoms. The Morgan fingerprint density at radius 1 is 1.57 bits per heavy atom. The first-order valence-corrected chi connectivity index (χ1v) is 5.52. The van der Waals surface area contributed by atoms with Crippen molar-refractivity contribution in [3.05, 3.63) is 0 Å². The summed E-state index contributed by atoms with van der Waals surface area (Å²) in [6.45, 7) is 2.49. The van der Waals surface area contributed by atoms with Gasteiger partial charge in [0.2, 0.25) is 0 Å². The summed E-state index contributed by atoms with van der Waals surface area (Å²) in [6.07, 6.45) is 3.70. The molecule has 2 fully saturated rings. The van der Waals surface area contributed by atoms with Gasteiger partial charge in [0.15, 0.2) is 0 Å². The van der Waals surface area contributed by atoms with Crippen LogP contribution in [-0.2, 0) is 9.53 Å². The summed E-state index contributed by atoms with van der Waals surface area (Å²) in [7, 11) is 0. The molecule has 80 valence electrons. The minimum atomic E-state index is -0.0269. The average Bonchev–Trinajstić information content (AvgIpc) is 2.58. The number of aliphatic hydroxyl groups is 1. The van der Waals surface area contributed by atoms with E-state index < -0.39 is 0 Å². The summed E-state index contributed by atoms with van der Waals surface area (Å²) in [6, 6.07) is 0. The fourth-order valence-corrected chi connectivity index (χ4v) is 3.07. The average molecular weight is 198 g/mol. The lowest BCUT2D eigenvalue weighted by Gasteiger charge is -2.19. The van der Waals surface area contributed by atoms with Crippen molar-refractivity contribution >= 4 is 5.97 Å². The van der Waals surface area contributed by atoms with E-state index in [-0.39, 0.29) is 18.7 Å². The maximum absolute atomic E-state index is 11.1. The number of hydrogen-bond acceptors (Lipinski definition) is 3. The Labute approximate surface area is 84.4 Å². The van der Waals surface area contributed by atoms with Gasteiger partial charge in [0, 0.05) is 12.5 Å². The van der Waals surface area contributed by atoms with Crippen LogP contribution in [0.15, 0.2) is 0 Å². The van der Waals surface area contributed by atoms with Crippen molar-refractivity contribution in [1.82, 2.24) is 0 Å². The number of esters is 1. The lowest BCUT2D eigenvalue weighted by atomic mass is 9.85. The molecule has 2 aliphatic rings. The Morgan fingerprint density at radius 3 is 3.07 bits per heavy atom. The lowest BCUT2D eigenvalue weighted by molar-refractivity contribution is -0.141. The van der Waals surface area contributed by atoms with Gasteiger partial charge in [0.05, 0.1) is 6.42 Å². The van der Waals surface area contributed by atoms with Gasteiger partial charge >= 0.3 is 5.97 Å². The van der Waals surface area contributed by atoms with Crippen molar-refractivity contribution in [2.75, 3.05) is 6.61 Å². The molecule has 1 aliphatic carbocycles. The Balaban J connectivity index is 1.97. The number of carbonyl (C=O) groups is 1. The molecule has 0 amide bonds. The van der Waals surface area contributed by atoms with E-state index in [0.29, 0.717) is 24.2 Å². The summed E-state index contributed by atoms with van der Waals surface area (Å²) in [4.78, 5) is 11.1. The molecule has 1 saturated heterocycles. The SMILES string of the molecule is C[C@@H]1C[C@@H]2OC(=O)C[C@@H]2[C@H]1CCCO. The first kappa shape index (κ1) is 9.97. The monoisotopic (exact) mass is 198 g/mol. The van der Waals surface area contributed by atoms with Crippen LogP contribution < -0.4 is 0 Å². The molecule has 0 radical (unpaired) electrons. The predicted molar refractivity (Wildman–Crippen MR) is 51.6 cm³/mol. The number of rotatable bonds is 3. The van der Waals surface area contributed by atoms with Gasteiger partial charge in [-0.15, -0.1) is 0 Å². The maximum atomic E-state index is 11.1. The Morgan fingerprint density at radius 2 is 2.36 bits per heavy atom. The van der Waals surface area contributed by atoms with Gasteiger partial charge in [-0.05, 0) is 31.1 Å². The third-order valence-electron chi connectivity index (χ3n) is 3.74. The van der Waals surface area contributed by atoms with Crippen LogP contribution in [0.1, 0.15) is 32.6 Å². The van der Waals surface area contributed by atoms with E-state index in [2.05, 4.69) is 6.92 Å². The Bertz CT molecular complexity index is 227. The van der Waals surface area contributed by atoms with Gasteiger partial charge in [0.1, 0.15) is 6.10 Å². The summed E-state index contributed by atoms with van der Waals surface area (Å²) >= 11 is 0. The third kappa shape index (κ3) is 1.65.